The summed E-state index contributed by atoms with van der Waals surface area (Å²) in [6.45, 7) is 0. The smallest absolute Gasteiger partial charge is 0.143 e. The quantitative estimate of drug-likeness (QED) is 0.158. The Bertz CT molecular complexity index is 4080. The summed E-state index contributed by atoms with van der Waals surface area (Å²) in [6.07, 6.45) is 0. The van der Waals surface area contributed by atoms with Crippen LogP contribution in [0.3, 0.4) is 0 Å². The molecule has 69 heavy (non-hydrogen) atoms. The minimum absolute atomic E-state index is 0.0713. The number of furan rings is 1. The molecule has 11 aromatic carbocycles. The molecule has 0 radical (unpaired) electrons. The SMILES string of the molecule is Bc1c(B)c(B)c(-c2c3ccccc3c(-c3cc4ccccc4c4cc(-c5ccc(-c6cccc7c6oc6c(-c8c(O)c(B)c(B)c(B)c8O)cccc67)cc5)ccc34)c3ccccc23)c(B)c1B. The lowest BCUT2D eigenvalue weighted by molar-refractivity contribution is 0.460. The molecule has 11 heteroatoms. The predicted molar refractivity (Wildman–Crippen MR) is 320 cm³/mol. The highest BCUT2D eigenvalue weighted by atomic mass is 16.3. The van der Waals surface area contributed by atoms with E-state index in [1.807, 2.05) is 41.7 Å². The lowest BCUT2D eigenvalue weighted by Crippen LogP contribution is -2.55. The number of phenols is 2. The number of aromatic hydroxyl groups is 2. The topological polar surface area (TPSA) is 53.6 Å². The van der Waals surface area contributed by atoms with Crippen LogP contribution in [0.25, 0.3) is 121 Å². The van der Waals surface area contributed by atoms with Gasteiger partial charge in [-0.05, 0) is 94.2 Å². The summed E-state index contributed by atoms with van der Waals surface area (Å²) in [5.41, 5.74) is 21.1. The average Bonchev–Trinajstić information content (AvgIpc) is 3.78. The molecule has 0 fully saturated rings. The second kappa shape index (κ2) is 16.0. The lowest BCUT2D eigenvalue weighted by Gasteiger charge is -2.25. The first-order chi connectivity index (χ1) is 33.4. The minimum atomic E-state index is 0.0713. The van der Waals surface area contributed by atoms with E-state index in [9.17, 15) is 10.2 Å². The van der Waals surface area contributed by atoms with Crippen LogP contribution >= 0.6 is 0 Å². The van der Waals surface area contributed by atoms with Gasteiger partial charge in [-0.2, -0.15) is 0 Å². The number of benzene rings is 11. The van der Waals surface area contributed by atoms with E-state index in [1.165, 1.54) is 92.7 Å². The maximum Gasteiger partial charge on any atom is 0.143 e. The Labute approximate surface area is 408 Å². The molecule has 12 rings (SSSR count). The zero-order chi connectivity index (χ0) is 47.6. The van der Waals surface area contributed by atoms with Gasteiger partial charge in [-0.25, -0.2) is 0 Å². The van der Waals surface area contributed by atoms with Crippen LogP contribution in [0.5, 0.6) is 11.5 Å². The number of para-hydroxylation sites is 2. The van der Waals surface area contributed by atoms with Crippen molar-refractivity contribution in [3.63, 3.8) is 0 Å². The molecular weight excluding hydrogens is 831 g/mol. The first-order valence-electron chi connectivity index (χ1n) is 24.0. The monoisotopic (exact) mass is 876 g/mol. The molecule has 0 unspecified atom stereocenters. The molecule has 0 aliphatic heterocycles. The van der Waals surface area contributed by atoms with Crippen molar-refractivity contribution in [1.29, 1.82) is 0 Å². The molecule has 12 aromatic rings. The third-order valence-electron chi connectivity index (χ3n) is 15.9. The van der Waals surface area contributed by atoms with E-state index in [-0.39, 0.29) is 11.5 Å². The van der Waals surface area contributed by atoms with Crippen LogP contribution in [-0.2, 0) is 0 Å². The molecule has 2 N–H and O–H groups in total. The summed E-state index contributed by atoms with van der Waals surface area (Å²) in [4.78, 5) is 0. The fourth-order valence-electron chi connectivity index (χ4n) is 11.5. The van der Waals surface area contributed by atoms with Gasteiger partial charge in [-0.15, -0.1) is 16.4 Å². The molecule has 0 saturated heterocycles. The number of phenolic OH excluding ortho intramolecular Hbond substituents is 2. The van der Waals surface area contributed by atoms with Gasteiger partial charge in [-0.1, -0.05) is 173 Å². The van der Waals surface area contributed by atoms with Crippen LogP contribution in [0.15, 0.2) is 162 Å². The van der Waals surface area contributed by atoms with Crippen LogP contribution in [0.4, 0.5) is 0 Å². The molecule has 0 bridgehead atoms. The van der Waals surface area contributed by atoms with E-state index in [0.29, 0.717) is 16.7 Å². The first-order valence-corrected chi connectivity index (χ1v) is 24.0. The summed E-state index contributed by atoms with van der Waals surface area (Å²) in [6, 6.07) is 57.2. The van der Waals surface area contributed by atoms with Gasteiger partial charge in [0.05, 0.1) is 5.56 Å². The van der Waals surface area contributed by atoms with E-state index in [4.69, 9.17) is 4.42 Å². The number of hydrogen-bond donors (Lipinski definition) is 2. The number of hydrogen-bond acceptors (Lipinski definition) is 3. The fraction of sp³-hybridized carbons (Fsp3) is 0. The Hall–Kier alpha value is -7.62. The third-order valence-corrected chi connectivity index (χ3v) is 15.9. The van der Waals surface area contributed by atoms with Crippen molar-refractivity contribution >= 4 is 172 Å². The Morgan fingerprint density at radius 3 is 1.32 bits per heavy atom. The largest absolute Gasteiger partial charge is 0.508 e. The Morgan fingerprint density at radius 2 is 0.725 bits per heavy atom. The third kappa shape index (κ3) is 6.32. The summed E-state index contributed by atoms with van der Waals surface area (Å²) >= 11 is 0. The average molecular weight is 875 g/mol. The zero-order valence-electron chi connectivity index (χ0n) is 40.3. The molecule has 0 spiro atoms. The van der Waals surface area contributed by atoms with Crippen molar-refractivity contribution in [2.75, 3.05) is 0 Å². The summed E-state index contributed by atoms with van der Waals surface area (Å²) in [5.74, 6) is 0.143. The number of fused-ring (bicyclic) bond motifs is 8. The zero-order valence-corrected chi connectivity index (χ0v) is 40.3. The van der Waals surface area contributed by atoms with Gasteiger partial charge in [0.1, 0.15) is 85.4 Å². The minimum Gasteiger partial charge on any atom is -0.508 e. The molecule has 1 aromatic heterocycles. The highest BCUT2D eigenvalue weighted by Gasteiger charge is 2.25. The summed E-state index contributed by atoms with van der Waals surface area (Å²) in [7, 11) is 17.1. The standard InChI is InChI=1S/C58H44B8O3/c59-47-46(48(60)50(62)51(63)49(47)61)44-36-13-5-3-11-34(36)43(35-12-4-6-14-37(35)44)42-26-30-9-1-2-10-31(30)41-25-29(23-24-33(41)42)27-19-21-28(22-20-27)32-15-7-16-38-39-17-8-18-40(58(39)69-57(32)38)45-55(67)53(65)52(64)54(66)56(45)68/h1-26,67-68H,59-66H2. The second-order valence-electron chi connectivity index (χ2n) is 19.2. The van der Waals surface area contributed by atoms with Crippen molar-refractivity contribution in [2.45, 2.75) is 0 Å². The van der Waals surface area contributed by atoms with Crippen molar-refractivity contribution in [3.8, 4) is 67.1 Å². The maximum atomic E-state index is 11.4. The lowest BCUT2D eigenvalue weighted by atomic mass is 9.59. The second-order valence-corrected chi connectivity index (χ2v) is 19.2. The van der Waals surface area contributed by atoms with Crippen molar-refractivity contribution in [2.24, 2.45) is 0 Å². The molecule has 318 valence electrons. The van der Waals surface area contributed by atoms with Gasteiger partial charge in [0.25, 0.3) is 0 Å². The molecule has 0 aliphatic rings. The number of rotatable bonds is 5. The molecule has 0 atom stereocenters. The van der Waals surface area contributed by atoms with Gasteiger partial charge in [0, 0.05) is 21.9 Å². The molecule has 0 saturated carbocycles. The van der Waals surface area contributed by atoms with Crippen LogP contribution in [0.2, 0.25) is 0 Å². The van der Waals surface area contributed by atoms with E-state index in [0.717, 1.165) is 55.0 Å². The predicted octanol–water partition coefficient (Wildman–Crippen LogP) is 2.01. The van der Waals surface area contributed by atoms with Crippen molar-refractivity contribution in [1.82, 2.24) is 0 Å². The highest BCUT2D eigenvalue weighted by Crippen LogP contribution is 2.47. The van der Waals surface area contributed by atoms with Crippen LogP contribution < -0.4 is 43.7 Å². The van der Waals surface area contributed by atoms with Crippen LogP contribution in [-0.4, -0.2) is 73.0 Å². The Balaban J connectivity index is 1.01. The fourth-order valence-corrected chi connectivity index (χ4v) is 11.5. The maximum absolute atomic E-state index is 11.4. The Morgan fingerprint density at radius 1 is 0.275 bits per heavy atom. The Kier molecular flexibility index (Phi) is 9.90. The summed E-state index contributed by atoms with van der Waals surface area (Å²) in [5, 5.41) is 34.5. The van der Waals surface area contributed by atoms with E-state index in [2.05, 4.69) is 179 Å². The van der Waals surface area contributed by atoms with Gasteiger partial charge in [0.15, 0.2) is 0 Å². The van der Waals surface area contributed by atoms with Crippen molar-refractivity contribution in [3.05, 3.63) is 158 Å². The molecule has 3 nitrogen and oxygen atoms in total. The molecular formula is C58H44B8O3. The van der Waals surface area contributed by atoms with Gasteiger partial charge < -0.3 is 14.6 Å². The molecule has 0 aliphatic carbocycles. The normalized spacial score (nSPS) is 11.8. The summed E-state index contributed by atoms with van der Waals surface area (Å²) < 4.78 is 6.78. The van der Waals surface area contributed by atoms with Gasteiger partial charge in [-0.3, -0.25) is 0 Å². The van der Waals surface area contributed by atoms with E-state index in [1.54, 1.807) is 0 Å². The van der Waals surface area contributed by atoms with E-state index >= 15 is 0 Å². The van der Waals surface area contributed by atoms with E-state index < -0.39 is 0 Å². The van der Waals surface area contributed by atoms with Crippen LogP contribution in [0, 0.1) is 0 Å². The molecule has 1 heterocycles. The van der Waals surface area contributed by atoms with Gasteiger partial charge in [0.2, 0.25) is 0 Å². The molecule has 0 amide bonds. The first kappa shape index (κ1) is 42.7. The van der Waals surface area contributed by atoms with Crippen LogP contribution in [0.1, 0.15) is 0 Å². The van der Waals surface area contributed by atoms with Crippen molar-refractivity contribution < 1.29 is 14.6 Å². The van der Waals surface area contributed by atoms with Gasteiger partial charge >= 0.3 is 0 Å². The highest BCUT2D eigenvalue weighted by molar-refractivity contribution is 6.69.